The van der Waals surface area contributed by atoms with Crippen LogP contribution in [0.3, 0.4) is 0 Å². The zero-order valence-electron chi connectivity index (χ0n) is 13.8. The number of carbonyl (C=O) groups excluding carboxylic acids is 1. The molecule has 0 unspecified atom stereocenters. The number of amides is 1. The van der Waals surface area contributed by atoms with Gasteiger partial charge in [0.05, 0.1) is 0 Å². The fourth-order valence-corrected chi connectivity index (χ4v) is 3.79. The van der Waals surface area contributed by atoms with Crippen LogP contribution < -0.4 is 10.6 Å². The average Bonchev–Trinajstić information content (AvgIpc) is 3.05. The maximum absolute atomic E-state index is 13.0. The molecule has 1 saturated carbocycles. The van der Waals surface area contributed by atoms with Crippen LogP contribution in [0.25, 0.3) is 0 Å². The molecule has 5 nitrogen and oxygen atoms in total. The van der Waals surface area contributed by atoms with Gasteiger partial charge in [-0.15, -0.1) is 0 Å². The van der Waals surface area contributed by atoms with Gasteiger partial charge in [0.25, 0.3) is 0 Å². The standard InChI is InChI=1S/C17H28N4O/c1-16(2)6-4-14(5-7-16)20-15(22)17(8-11-18-12-9-17)21-13-3-10-19-21/h3,10,13-14,18H,4-9,11-12H2,1-2H3,(H,20,22). The van der Waals surface area contributed by atoms with E-state index >= 15 is 0 Å². The predicted octanol–water partition coefficient (Wildman–Crippen LogP) is 2.05. The minimum absolute atomic E-state index is 0.155. The van der Waals surface area contributed by atoms with Gasteiger partial charge in [0.1, 0.15) is 5.54 Å². The van der Waals surface area contributed by atoms with E-state index in [1.54, 1.807) is 6.20 Å². The van der Waals surface area contributed by atoms with Gasteiger partial charge in [-0.1, -0.05) is 13.8 Å². The van der Waals surface area contributed by atoms with E-state index in [0.717, 1.165) is 38.8 Å². The third-order valence-electron chi connectivity index (χ3n) is 5.47. The number of hydrogen-bond acceptors (Lipinski definition) is 3. The minimum Gasteiger partial charge on any atom is -0.351 e. The molecule has 2 N–H and O–H groups in total. The monoisotopic (exact) mass is 304 g/mol. The molecule has 1 aliphatic carbocycles. The molecule has 1 amide bonds. The Morgan fingerprint density at radius 1 is 1.23 bits per heavy atom. The summed E-state index contributed by atoms with van der Waals surface area (Å²) in [5.41, 5.74) is -0.0859. The fourth-order valence-electron chi connectivity index (χ4n) is 3.79. The third kappa shape index (κ3) is 3.05. The van der Waals surface area contributed by atoms with Crippen molar-refractivity contribution < 1.29 is 4.79 Å². The number of aromatic nitrogens is 2. The van der Waals surface area contributed by atoms with E-state index in [0.29, 0.717) is 11.5 Å². The molecule has 1 aliphatic heterocycles. The lowest BCUT2D eigenvalue weighted by molar-refractivity contribution is -0.133. The predicted molar refractivity (Wildman–Crippen MR) is 86.5 cm³/mol. The summed E-state index contributed by atoms with van der Waals surface area (Å²) in [5, 5.41) is 11.1. The molecule has 1 aromatic rings. The number of nitrogens with zero attached hydrogens (tertiary/aromatic N) is 2. The minimum atomic E-state index is -0.512. The van der Waals surface area contributed by atoms with Crippen LogP contribution >= 0.6 is 0 Å². The fraction of sp³-hybridized carbons (Fsp3) is 0.765. The molecule has 2 fully saturated rings. The van der Waals surface area contributed by atoms with E-state index in [1.807, 2.05) is 16.9 Å². The van der Waals surface area contributed by atoms with E-state index in [9.17, 15) is 4.79 Å². The maximum Gasteiger partial charge on any atom is 0.248 e. The van der Waals surface area contributed by atoms with Crippen LogP contribution in [0.4, 0.5) is 0 Å². The molecule has 1 aromatic heterocycles. The van der Waals surface area contributed by atoms with Gasteiger partial charge in [-0.25, -0.2) is 0 Å². The van der Waals surface area contributed by atoms with Gasteiger partial charge in [-0.3, -0.25) is 9.48 Å². The highest BCUT2D eigenvalue weighted by Gasteiger charge is 2.43. The van der Waals surface area contributed by atoms with E-state index in [2.05, 4.69) is 29.6 Å². The molecule has 2 heterocycles. The van der Waals surface area contributed by atoms with Gasteiger partial charge >= 0.3 is 0 Å². The van der Waals surface area contributed by atoms with Crippen molar-refractivity contribution in [2.75, 3.05) is 13.1 Å². The molecular formula is C17H28N4O. The molecule has 0 aromatic carbocycles. The number of hydrogen-bond donors (Lipinski definition) is 2. The zero-order valence-corrected chi connectivity index (χ0v) is 13.8. The summed E-state index contributed by atoms with van der Waals surface area (Å²) in [5.74, 6) is 0.155. The Bertz CT molecular complexity index is 493. The molecule has 0 radical (unpaired) electrons. The largest absolute Gasteiger partial charge is 0.351 e. The SMILES string of the molecule is CC1(C)CCC(NC(=O)C2(n3cccn3)CCNCC2)CC1. The first-order chi connectivity index (χ1) is 10.5. The van der Waals surface area contributed by atoms with Crippen LogP contribution in [0.15, 0.2) is 18.5 Å². The van der Waals surface area contributed by atoms with E-state index in [1.165, 1.54) is 12.8 Å². The summed E-state index contributed by atoms with van der Waals surface area (Å²) in [6, 6.07) is 2.23. The molecule has 22 heavy (non-hydrogen) atoms. The lowest BCUT2D eigenvalue weighted by Gasteiger charge is -2.40. The van der Waals surface area contributed by atoms with Crippen molar-refractivity contribution in [3.63, 3.8) is 0 Å². The first-order valence-electron chi connectivity index (χ1n) is 8.54. The highest BCUT2D eigenvalue weighted by molar-refractivity contribution is 5.84. The highest BCUT2D eigenvalue weighted by Crippen LogP contribution is 2.36. The normalized spacial score (nSPS) is 24.8. The van der Waals surface area contributed by atoms with Crippen LogP contribution in [-0.2, 0) is 10.3 Å². The molecule has 0 spiro atoms. The van der Waals surface area contributed by atoms with Crippen molar-refractivity contribution in [1.29, 1.82) is 0 Å². The molecule has 0 bridgehead atoms. The number of carbonyl (C=O) groups is 1. The van der Waals surface area contributed by atoms with Crippen LogP contribution in [0.5, 0.6) is 0 Å². The van der Waals surface area contributed by atoms with Crippen LogP contribution in [0.2, 0.25) is 0 Å². The molecule has 1 saturated heterocycles. The molecule has 2 aliphatic rings. The zero-order chi connectivity index (χ0) is 15.6. The summed E-state index contributed by atoms with van der Waals surface area (Å²) < 4.78 is 1.87. The van der Waals surface area contributed by atoms with Gasteiger partial charge in [0, 0.05) is 18.4 Å². The van der Waals surface area contributed by atoms with Gasteiger partial charge < -0.3 is 10.6 Å². The van der Waals surface area contributed by atoms with E-state index in [-0.39, 0.29) is 5.91 Å². The second-order valence-corrected chi connectivity index (χ2v) is 7.64. The van der Waals surface area contributed by atoms with Crippen molar-refractivity contribution in [1.82, 2.24) is 20.4 Å². The molecule has 5 heteroatoms. The molecular weight excluding hydrogens is 276 g/mol. The summed E-state index contributed by atoms with van der Waals surface area (Å²) in [4.78, 5) is 13.0. The van der Waals surface area contributed by atoms with Crippen molar-refractivity contribution in [3.05, 3.63) is 18.5 Å². The van der Waals surface area contributed by atoms with Crippen LogP contribution in [0.1, 0.15) is 52.4 Å². The Kier molecular flexibility index (Phi) is 4.26. The lowest BCUT2D eigenvalue weighted by atomic mass is 9.75. The number of rotatable bonds is 3. The lowest BCUT2D eigenvalue weighted by Crippen LogP contribution is -2.56. The highest BCUT2D eigenvalue weighted by atomic mass is 16.2. The first kappa shape index (κ1) is 15.5. The van der Waals surface area contributed by atoms with Crippen molar-refractivity contribution in [2.24, 2.45) is 5.41 Å². The second kappa shape index (κ2) is 6.03. The third-order valence-corrected chi connectivity index (χ3v) is 5.47. The van der Waals surface area contributed by atoms with Crippen molar-refractivity contribution >= 4 is 5.91 Å². The second-order valence-electron chi connectivity index (χ2n) is 7.64. The summed E-state index contributed by atoms with van der Waals surface area (Å²) in [6.45, 7) is 6.38. The molecule has 3 rings (SSSR count). The van der Waals surface area contributed by atoms with Crippen LogP contribution in [-0.4, -0.2) is 34.8 Å². The van der Waals surface area contributed by atoms with Crippen molar-refractivity contribution in [2.45, 2.75) is 64.0 Å². The summed E-state index contributed by atoms with van der Waals surface area (Å²) in [7, 11) is 0. The van der Waals surface area contributed by atoms with Gasteiger partial charge in [-0.2, -0.15) is 5.10 Å². The van der Waals surface area contributed by atoms with E-state index in [4.69, 9.17) is 0 Å². The Balaban J connectivity index is 1.71. The number of nitrogens with one attached hydrogen (secondary N) is 2. The van der Waals surface area contributed by atoms with Gasteiger partial charge in [0.15, 0.2) is 0 Å². The quantitative estimate of drug-likeness (QED) is 0.898. The first-order valence-corrected chi connectivity index (χ1v) is 8.54. The Labute approximate surface area is 132 Å². The Hall–Kier alpha value is -1.36. The Morgan fingerprint density at radius 3 is 2.50 bits per heavy atom. The average molecular weight is 304 g/mol. The number of piperidine rings is 1. The van der Waals surface area contributed by atoms with Crippen molar-refractivity contribution in [3.8, 4) is 0 Å². The Morgan fingerprint density at radius 2 is 1.91 bits per heavy atom. The van der Waals surface area contributed by atoms with Gasteiger partial charge in [0.2, 0.25) is 5.91 Å². The maximum atomic E-state index is 13.0. The molecule has 0 atom stereocenters. The summed E-state index contributed by atoms with van der Waals surface area (Å²) in [6.07, 6.45) is 9.85. The molecule has 122 valence electrons. The topological polar surface area (TPSA) is 59.0 Å². The van der Waals surface area contributed by atoms with Crippen LogP contribution in [0, 0.1) is 5.41 Å². The van der Waals surface area contributed by atoms with E-state index < -0.39 is 5.54 Å². The summed E-state index contributed by atoms with van der Waals surface area (Å²) >= 11 is 0. The van der Waals surface area contributed by atoms with Gasteiger partial charge in [-0.05, 0) is 63.1 Å². The smallest absolute Gasteiger partial charge is 0.248 e.